The molecule has 9 heteroatoms. The predicted octanol–water partition coefficient (Wildman–Crippen LogP) is 0.188. The zero-order valence-corrected chi connectivity index (χ0v) is 19.1. The summed E-state index contributed by atoms with van der Waals surface area (Å²) in [4.78, 5) is 22.3. The molecule has 0 spiro atoms. The summed E-state index contributed by atoms with van der Waals surface area (Å²) < 4.78 is 5.03. The summed E-state index contributed by atoms with van der Waals surface area (Å²) in [5, 5.41) is 7.66. The molecule has 6 N–H and O–H groups in total. The number of hydrogen-bond acceptors (Lipinski definition) is 5. The molecular weight excluding hydrogens is 548 g/mol. The maximum Gasteiger partial charge on any atom is 2.00 e. The monoisotopic (exact) mass is 573 g/mol. The van der Waals surface area contributed by atoms with Crippen LogP contribution >= 0.6 is 0 Å². The van der Waals surface area contributed by atoms with E-state index in [2.05, 4.69) is 36.5 Å². The molecule has 0 bridgehead atoms. The van der Waals surface area contributed by atoms with Crippen LogP contribution < -0.4 is 26.9 Å². The van der Waals surface area contributed by atoms with Gasteiger partial charge in [-0.3, -0.25) is 10.1 Å². The summed E-state index contributed by atoms with van der Waals surface area (Å²) in [5.74, 6) is 6.27. The largest absolute Gasteiger partial charge is 2.00 e. The summed E-state index contributed by atoms with van der Waals surface area (Å²) in [6.07, 6.45) is 1.75. The Hall–Kier alpha value is -1.72. The van der Waals surface area contributed by atoms with Crippen molar-refractivity contribution in [3.63, 3.8) is 0 Å². The Morgan fingerprint density at radius 3 is 2.24 bits per heavy atom. The van der Waals surface area contributed by atoms with E-state index < -0.39 is 11.9 Å². The first-order valence-electron chi connectivity index (χ1n) is 7.20. The van der Waals surface area contributed by atoms with Gasteiger partial charge in [-0.15, -0.1) is 5.10 Å². The number of guanidine groups is 1. The standard InChI is InChI=1S/C12H16N5O3.C4H9.U/c1-20-9-4-2-8(3-5-9)6-10(15-7-18)11(19)16-12(13)17-14;1-4(2)3;/h2-5,10H,6,14H2,1H3,(H,15,18)(H3,13,16,17,19);1-3H3;/q2*-1;+2. The number of nitrogens with one attached hydrogen (secondary N) is 2. The Labute approximate surface area is 172 Å². The number of ether oxygens (including phenoxy) is 1. The summed E-state index contributed by atoms with van der Waals surface area (Å²) in [6.45, 7) is 6.25. The van der Waals surface area contributed by atoms with Crippen LogP contribution in [-0.2, 0) is 16.0 Å². The first kappa shape index (κ1) is 25.5. The van der Waals surface area contributed by atoms with Crippen molar-refractivity contribution >= 4 is 18.3 Å². The van der Waals surface area contributed by atoms with Crippen LogP contribution in [0.1, 0.15) is 26.3 Å². The number of carbonyl (C=O) groups is 1. The van der Waals surface area contributed by atoms with E-state index >= 15 is 0 Å². The van der Waals surface area contributed by atoms with Gasteiger partial charge in [0.05, 0.1) is 13.2 Å². The zero-order valence-electron chi connectivity index (χ0n) is 14.9. The Bertz CT molecular complexity index is 532. The topological polar surface area (TPSA) is 132 Å². The third kappa shape index (κ3) is 12.3. The van der Waals surface area contributed by atoms with Crippen molar-refractivity contribution in [1.82, 2.24) is 10.6 Å². The average Bonchev–Trinajstić information content (AvgIpc) is 2.54. The fraction of sp³-hybridized carbons (Fsp3) is 0.375. The summed E-state index contributed by atoms with van der Waals surface area (Å²) in [6, 6.07) is 6.24. The van der Waals surface area contributed by atoms with Gasteiger partial charge in [0.25, 0.3) is 0 Å². The van der Waals surface area contributed by atoms with Crippen molar-refractivity contribution in [3.8, 4) is 5.75 Å². The predicted molar refractivity (Wildman–Crippen MR) is 93.5 cm³/mol. The van der Waals surface area contributed by atoms with Crippen molar-refractivity contribution < 1.29 is 45.4 Å². The number of hydrogen-bond donors (Lipinski definition) is 4. The molecule has 0 saturated heterocycles. The van der Waals surface area contributed by atoms with Crippen molar-refractivity contribution in [2.75, 3.05) is 7.11 Å². The average molecular weight is 573 g/mol. The van der Waals surface area contributed by atoms with Crippen LogP contribution in [0.15, 0.2) is 29.4 Å². The molecule has 8 nitrogen and oxygen atoms in total. The minimum absolute atomic E-state index is 0. The van der Waals surface area contributed by atoms with Gasteiger partial charge in [-0.05, 0) is 24.1 Å². The van der Waals surface area contributed by atoms with Crippen LogP contribution in [0.4, 0.5) is 0 Å². The first-order valence-corrected chi connectivity index (χ1v) is 7.20. The van der Waals surface area contributed by atoms with E-state index in [0.717, 1.165) is 5.56 Å². The number of amides is 2. The van der Waals surface area contributed by atoms with Gasteiger partial charge in [0.2, 0.25) is 11.9 Å². The molecule has 1 aromatic rings. The van der Waals surface area contributed by atoms with E-state index in [4.69, 9.17) is 16.3 Å². The third-order valence-corrected chi connectivity index (χ3v) is 2.54. The van der Waals surface area contributed by atoms with E-state index in [1.807, 2.05) is 0 Å². The van der Waals surface area contributed by atoms with E-state index in [0.29, 0.717) is 5.75 Å². The molecule has 0 aromatic heterocycles. The van der Waals surface area contributed by atoms with Crippen molar-refractivity contribution in [3.05, 3.63) is 35.7 Å². The van der Waals surface area contributed by atoms with Gasteiger partial charge >= 0.3 is 31.1 Å². The molecular formula is C16H25N5O3U. The van der Waals surface area contributed by atoms with Crippen LogP contribution in [0.2, 0.25) is 0 Å². The molecule has 1 rings (SSSR count). The molecule has 0 radical (unpaired) electrons. The van der Waals surface area contributed by atoms with E-state index in [-0.39, 0.29) is 43.5 Å². The Balaban J connectivity index is 0. The molecule has 0 heterocycles. The Morgan fingerprint density at radius 1 is 1.32 bits per heavy atom. The Morgan fingerprint density at radius 2 is 1.84 bits per heavy atom. The molecule has 0 aliphatic rings. The van der Waals surface area contributed by atoms with Crippen LogP contribution in [0.25, 0.3) is 0 Å². The van der Waals surface area contributed by atoms with Gasteiger partial charge in [-0.2, -0.15) is 27.2 Å². The molecule has 1 unspecified atom stereocenters. The molecule has 1 aromatic carbocycles. The fourth-order valence-corrected chi connectivity index (χ4v) is 1.52. The maximum absolute atomic E-state index is 11.8. The van der Waals surface area contributed by atoms with Gasteiger partial charge in [0, 0.05) is 0 Å². The van der Waals surface area contributed by atoms with Gasteiger partial charge in [-0.25, -0.2) is 0 Å². The number of rotatable bonds is 6. The molecule has 0 aliphatic carbocycles. The van der Waals surface area contributed by atoms with Crippen molar-refractivity contribution in [2.45, 2.75) is 33.2 Å². The number of carbonyl (C=O) groups excluding carboxylic acids is 2. The van der Waals surface area contributed by atoms with E-state index in [1.54, 1.807) is 31.4 Å². The van der Waals surface area contributed by atoms with Crippen LogP contribution in [0.3, 0.4) is 0 Å². The Kier molecular flexibility index (Phi) is 14.9. The third-order valence-electron chi connectivity index (χ3n) is 2.54. The maximum atomic E-state index is 11.8. The molecule has 1 atom stereocenters. The number of nitrogens with two attached hydrogens (primary N) is 2. The van der Waals surface area contributed by atoms with Crippen LogP contribution in [-0.4, -0.2) is 31.4 Å². The molecule has 2 amide bonds. The molecule has 25 heavy (non-hydrogen) atoms. The van der Waals surface area contributed by atoms with Gasteiger partial charge in [-0.1, -0.05) is 12.1 Å². The molecule has 0 aliphatic heterocycles. The fourth-order valence-electron chi connectivity index (χ4n) is 1.52. The quantitative estimate of drug-likeness (QED) is 0.0964. The number of benzene rings is 1. The summed E-state index contributed by atoms with van der Waals surface area (Å²) >= 11 is 0. The summed E-state index contributed by atoms with van der Waals surface area (Å²) in [5.41, 5.74) is 6.12. The van der Waals surface area contributed by atoms with Gasteiger partial charge in [0.15, 0.2) is 0 Å². The number of methoxy groups -OCH3 is 1. The second-order valence-electron chi connectivity index (χ2n) is 5.35. The van der Waals surface area contributed by atoms with Crippen molar-refractivity contribution in [1.29, 1.82) is 0 Å². The van der Waals surface area contributed by atoms with E-state index in [9.17, 15) is 9.59 Å². The van der Waals surface area contributed by atoms with Crippen LogP contribution in [0.5, 0.6) is 5.75 Å². The zero-order chi connectivity index (χ0) is 18.5. The van der Waals surface area contributed by atoms with Gasteiger partial charge < -0.3 is 32.3 Å². The second kappa shape index (κ2) is 14.6. The van der Waals surface area contributed by atoms with Crippen LogP contribution in [0, 0.1) is 37.0 Å². The smallest absolute Gasteiger partial charge is 0.520 e. The second-order valence-corrected chi connectivity index (χ2v) is 5.35. The van der Waals surface area contributed by atoms with Gasteiger partial charge in [0.1, 0.15) is 5.75 Å². The SMILES string of the molecule is COc1ccc(CC(N[C-]=O)C(=O)N/C(N)=N/N)cc1.C[C-](C)C.[U+2]. The first-order chi connectivity index (χ1) is 11.3. The minimum atomic E-state index is -0.832. The van der Waals surface area contributed by atoms with Crippen molar-refractivity contribution in [2.24, 2.45) is 16.7 Å². The number of nitrogens with zero attached hydrogens (tertiary/aromatic N) is 1. The summed E-state index contributed by atoms with van der Waals surface area (Å²) in [7, 11) is 1.56. The minimum Gasteiger partial charge on any atom is -0.520 e. The molecule has 0 fully saturated rings. The molecule has 0 saturated carbocycles. The number of hydrazone groups is 1. The van der Waals surface area contributed by atoms with E-state index in [1.165, 1.54) is 12.3 Å². The normalized spacial score (nSPS) is 11.3. The molecule has 136 valence electrons.